The predicted octanol–water partition coefficient (Wildman–Crippen LogP) is -0.467. The van der Waals surface area contributed by atoms with E-state index in [0.717, 1.165) is 25.7 Å². The minimum Gasteiger partial charge on any atom is -0.394 e. The monoisotopic (exact) mass is 522 g/mol. The van der Waals surface area contributed by atoms with Gasteiger partial charge in [0.25, 0.3) is 0 Å². The van der Waals surface area contributed by atoms with Crippen LogP contribution in [-0.2, 0) is 19.0 Å². The Morgan fingerprint density at radius 2 is 1.22 bits per heavy atom. The lowest BCUT2D eigenvalue weighted by Crippen LogP contribution is -2.64. The van der Waals surface area contributed by atoms with E-state index >= 15 is 0 Å². The fraction of sp³-hybridized carbons (Fsp3) is 0.960. The molecule has 0 spiro atoms. The van der Waals surface area contributed by atoms with E-state index < -0.39 is 74.4 Å². The molecule has 0 aromatic carbocycles. The Morgan fingerprint density at radius 1 is 0.667 bits per heavy atom. The molecule has 2 saturated heterocycles. The fourth-order valence-electron chi connectivity index (χ4n) is 4.79. The Labute approximate surface area is 213 Å². The highest BCUT2D eigenvalue weighted by atomic mass is 16.7. The van der Waals surface area contributed by atoms with Crippen LogP contribution in [0.25, 0.3) is 0 Å². The maximum Gasteiger partial charge on any atom is 0.187 e. The van der Waals surface area contributed by atoms with Gasteiger partial charge in [-0.3, -0.25) is 4.79 Å². The van der Waals surface area contributed by atoms with E-state index in [2.05, 4.69) is 6.92 Å². The first kappa shape index (κ1) is 31.5. The second-order valence-electron chi connectivity index (χ2n) is 10.00. The molecule has 0 saturated carbocycles. The van der Waals surface area contributed by atoms with E-state index in [1.54, 1.807) is 0 Å². The average molecular weight is 523 g/mol. The normalized spacial score (nSPS) is 37.2. The Kier molecular flexibility index (Phi) is 14.2. The lowest BCUT2D eigenvalue weighted by Gasteiger charge is -2.46. The van der Waals surface area contributed by atoms with Crippen molar-refractivity contribution in [3.05, 3.63) is 0 Å². The van der Waals surface area contributed by atoms with Gasteiger partial charge in [0.05, 0.1) is 19.3 Å². The third-order valence-electron chi connectivity index (χ3n) is 7.09. The van der Waals surface area contributed by atoms with E-state index in [1.165, 1.54) is 32.1 Å². The SMILES string of the molecule is CCCCCCCCCCCC(=O)C[C@H]1O[C@H](CO)[C@@H](O[C@@H]2O[C@H](CO)[C@@H](O)[C@H](O)[C@H]2O)[C@H](O)[C@H]1O. The van der Waals surface area contributed by atoms with Crippen molar-refractivity contribution in [2.75, 3.05) is 13.2 Å². The first-order valence-corrected chi connectivity index (χ1v) is 13.3. The summed E-state index contributed by atoms with van der Waals surface area (Å²) in [6.45, 7) is 0.911. The number of aliphatic hydroxyl groups is 7. The zero-order valence-corrected chi connectivity index (χ0v) is 21.2. The van der Waals surface area contributed by atoms with Crippen molar-refractivity contribution in [3.8, 4) is 0 Å². The topological polar surface area (TPSA) is 186 Å². The van der Waals surface area contributed by atoms with Crippen LogP contribution in [0.4, 0.5) is 0 Å². The van der Waals surface area contributed by atoms with Gasteiger partial charge in [0.1, 0.15) is 54.6 Å². The van der Waals surface area contributed by atoms with Crippen LogP contribution < -0.4 is 0 Å². The number of unbranched alkanes of at least 4 members (excludes halogenated alkanes) is 8. The van der Waals surface area contributed by atoms with Crippen molar-refractivity contribution in [2.45, 2.75) is 139 Å². The van der Waals surface area contributed by atoms with E-state index in [9.17, 15) is 40.5 Å². The minimum atomic E-state index is -1.72. The molecule has 2 aliphatic rings. The standard InChI is InChI=1S/C25H46O11/c1-2-3-4-5-6-7-8-9-10-11-15(28)12-16-19(29)22(32)24(18(14-27)34-16)36-25-23(33)21(31)20(30)17(13-26)35-25/h16-27,29-33H,2-14H2,1H3/t16-,17-,18-,19+,20-,21+,22-,23-,24-,25+/m1/s1. The molecule has 11 heteroatoms. The zero-order chi connectivity index (χ0) is 26.7. The highest BCUT2D eigenvalue weighted by Crippen LogP contribution is 2.30. The van der Waals surface area contributed by atoms with Crippen LogP contribution in [0.2, 0.25) is 0 Å². The molecule has 10 atom stereocenters. The molecule has 0 aromatic rings. The van der Waals surface area contributed by atoms with Gasteiger partial charge in [0.2, 0.25) is 0 Å². The van der Waals surface area contributed by atoms with Gasteiger partial charge in [-0.2, -0.15) is 0 Å². The number of hydrogen-bond donors (Lipinski definition) is 7. The van der Waals surface area contributed by atoms with Gasteiger partial charge in [0, 0.05) is 12.8 Å². The predicted molar refractivity (Wildman–Crippen MR) is 128 cm³/mol. The third-order valence-corrected chi connectivity index (χ3v) is 7.09. The summed E-state index contributed by atoms with van der Waals surface area (Å²) in [7, 11) is 0. The second kappa shape index (κ2) is 16.3. The van der Waals surface area contributed by atoms with Crippen LogP contribution >= 0.6 is 0 Å². The van der Waals surface area contributed by atoms with Gasteiger partial charge >= 0.3 is 0 Å². The van der Waals surface area contributed by atoms with Gasteiger partial charge in [-0.1, -0.05) is 58.3 Å². The van der Waals surface area contributed by atoms with E-state index in [0.29, 0.717) is 6.42 Å². The maximum absolute atomic E-state index is 12.4. The molecule has 212 valence electrons. The molecule has 11 nitrogen and oxygen atoms in total. The minimum absolute atomic E-state index is 0.112. The van der Waals surface area contributed by atoms with Crippen LogP contribution in [0.15, 0.2) is 0 Å². The van der Waals surface area contributed by atoms with Crippen LogP contribution in [0.3, 0.4) is 0 Å². The number of carbonyl (C=O) groups is 1. The summed E-state index contributed by atoms with van der Waals surface area (Å²) in [5, 5.41) is 70.4. The van der Waals surface area contributed by atoms with Gasteiger partial charge in [0.15, 0.2) is 6.29 Å². The smallest absolute Gasteiger partial charge is 0.187 e. The van der Waals surface area contributed by atoms with Crippen molar-refractivity contribution < 1.29 is 54.8 Å². The average Bonchev–Trinajstić information content (AvgIpc) is 2.87. The first-order valence-electron chi connectivity index (χ1n) is 13.3. The zero-order valence-electron chi connectivity index (χ0n) is 21.2. The molecular weight excluding hydrogens is 476 g/mol. The van der Waals surface area contributed by atoms with Crippen LogP contribution in [0.5, 0.6) is 0 Å². The summed E-state index contributed by atoms with van der Waals surface area (Å²) in [4.78, 5) is 12.4. The molecule has 2 aliphatic heterocycles. The van der Waals surface area contributed by atoms with Gasteiger partial charge in [-0.25, -0.2) is 0 Å². The molecule has 2 fully saturated rings. The lowest BCUT2D eigenvalue weighted by molar-refractivity contribution is -0.341. The molecular formula is C25H46O11. The van der Waals surface area contributed by atoms with Crippen molar-refractivity contribution in [1.29, 1.82) is 0 Å². The number of ketones is 1. The fourth-order valence-corrected chi connectivity index (χ4v) is 4.79. The van der Waals surface area contributed by atoms with Gasteiger partial charge in [-0.05, 0) is 6.42 Å². The van der Waals surface area contributed by atoms with Crippen LogP contribution in [0.1, 0.15) is 77.6 Å². The molecule has 0 aromatic heterocycles. The van der Waals surface area contributed by atoms with Crippen molar-refractivity contribution >= 4 is 5.78 Å². The molecule has 36 heavy (non-hydrogen) atoms. The van der Waals surface area contributed by atoms with Gasteiger partial charge < -0.3 is 50.0 Å². The van der Waals surface area contributed by atoms with E-state index in [1.807, 2.05) is 0 Å². The number of ether oxygens (including phenoxy) is 3. The van der Waals surface area contributed by atoms with Crippen LogP contribution in [-0.4, -0.2) is 116 Å². The summed E-state index contributed by atoms with van der Waals surface area (Å²) >= 11 is 0. The van der Waals surface area contributed by atoms with E-state index in [4.69, 9.17) is 14.2 Å². The number of hydrogen-bond acceptors (Lipinski definition) is 11. The molecule has 2 heterocycles. The highest BCUT2D eigenvalue weighted by Gasteiger charge is 2.50. The summed E-state index contributed by atoms with van der Waals surface area (Å²) in [5.41, 5.74) is 0. The van der Waals surface area contributed by atoms with Crippen molar-refractivity contribution in [3.63, 3.8) is 0 Å². The molecule has 0 unspecified atom stereocenters. The Balaban J connectivity index is 1.81. The largest absolute Gasteiger partial charge is 0.394 e. The highest BCUT2D eigenvalue weighted by molar-refractivity contribution is 5.78. The summed E-state index contributed by atoms with van der Waals surface area (Å²) in [6, 6.07) is 0. The summed E-state index contributed by atoms with van der Waals surface area (Å²) in [5.74, 6) is -0.112. The molecule has 0 radical (unpaired) electrons. The molecule has 0 amide bonds. The van der Waals surface area contributed by atoms with Gasteiger partial charge in [-0.15, -0.1) is 0 Å². The Morgan fingerprint density at radius 3 is 1.81 bits per heavy atom. The first-order chi connectivity index (χ1) is 17.2. The Hall–Kier alpha value is -0.730. The van der Waals surface area contributed by atoms with Crippen molar-refractivity contribution in [1.82, 2.24) is 0 Å². The molecule has 0 aliphatic carbocycles. The van der Waals surface area contributed by atoms with Crippen molar-refractivity contribution in [2.24, 2.45) is 0 Å². The molecule has 0 bridgehead atoms. The summed E-state index contributed by atoms with van der Waals surface area (Å²) in [6.07, 6.45) is -4.08. The third kappa shape index (κ3) is 8.93. The Bertz CT molecular complexity index is 617. The van der Waals surface area contributed by atoms with E-state index in [-0.39, 0.29) is 12.2 Å². The molecule has 2 rings (SSSR count). The number of carbonyl (C=O) groups excluding carboxylic acids is 1. The maximum atomic E-state index is 12.4. The lowest BCUT2D eigenvalue weighted by atomic mass is 9.91. The van der Waals surface area contributed by atoms with Crippen LogP contribution in [0, 0.1) is 0 Å². The summed E-state index contributed by atoms with van der Waals surface area (Å²) < 4.78 is 16.5. The molecule has 7 N–H and O–H groups in total. The number of rotatable bonds is 16. The second-order valence-corrected chi connectivity index (χ2v) is 10.00. The quantitative estimate of drug-likeness (QED) is 0.130. The number of aliphatic hydroxyl groups excluding tert-OH is 7. The number of Topliss-reactive ketones (excluding diaryl/α,β-unsaturated/α-hetero) is 1.